The average Bonchev–Trinajstić information content (AvgIpc) is 2.13. The topological polar surface area (TPSA) is 32.3 Å². The molecule has 2 nitrogen and oxygen atoms in total. The van der Waals surface area contributed by atoms with E-state index in [1.165, 1.54) is 0 Å². The van der Waals surface area contributed by atoms with E-state index in [0.717, 1.165) is 10.0 Å². The van der Waals surface area contributed by atoms with Crippen LogP contribution in [0.1, 0.15) is 11.6 Å². The van der Waals surface area contributed by atoms with Gasteiger partial charge in [-0.15, -0.1) is 0 Å². The molecule has 0 saturated heterocycles. The number of aliphatic hydroxyl groups excluding tert-OH is 1. The van der Waals surface area contributed by atoms with Crippen molar-refractivity contribution in [1.29, 1.82) is 0 Å². The molecule has 0 aromatic heterocycles. The predicted molar refractivity (Wildman–Crippen MR) is 58.0 cm³/mol. The number of rotatable bonds is 3. The van der Waals surface area contributed by atoms with E-state index >= 15 is 0 Å². The SMILES string of the molecule is CNC(CO)c1ccc(Br)c(Cl)c1. The third-order valence-corrected chi connectivity index (χ3v) is 3.11. The molecule has 0 aliphatic heterocycles. The van der Waals surface area contributed by atoms with Gasteiger partial charge in [0.25, 0.3) is 0 Å². The summed E-state index contributed by atoms with van der Waals surface area (Å²) >= 11 is 9.22. The first-order valence-corrected chi connectivity index (χ1v) is 5.09. The summed E-state index contributed by atoms with van der Waals surface area (Å²) in [6.45, 7) is 0.0639. The van der Waals surface area contributed by atoms with Gasteiger partial charge in [-0.2, -0.15) is 0 Å². The second-order valence-electron chi connectivity index (χ2n) is 2.70. The molecule has 72 valence electrons. The zero-order valence-electron chi connectivity index (χ0n) is 7.22. The van der Waals surface area contributed by atoms with Crippen LogP contribution in [-0.2, 0) is 0 Å². The van der Waals surface area contributed by atoms with Crippen LogP contribution in [-0.4, -0.2) is 18.8 Å². The highest BCUT2D eigenvalue weighted by molar-refractivity contribution is 9.10. The summed E-state index contributed by atoms with van der Waals surface area (Å²) in [5, 5.41) is 12.7. The van der Waals surface area contributed by atoms with Crippen molar-refractivity contribution in [1.82, 2.24) is 5.32 Å². The molecule has 1 unspecified atom stereocenters. The van der Waals surface area contributed by atoms with E-state index < -0.39 is 0 Å². The van der Waals surface area contributed by atoms with Crippen molar-refractivity contribution < 1.29 is 5.11 Å². The van der Waals surface area contributed by atoms with Crippen LogP contribution >= 0.6 is 27.5 Å². The maximum atomic E-state index is 9.02. The molecule has 0 heterocycles. The van der Waals surface area contributed by atoms with Gasteiger partial charge in [0.15, 0.2) is 0 Å². The van der Waals surface area contributed by atoms with Gasteiger partial charge in [-0.05, 0) is 40.7 Å². The average molecular weight is 265 g/mol. The van der Waals surface area contributed by atoms with Crippen molar-refractivity contribution in [2.24, 2.45) is 0 Å². The lowest BCUT2D eigenvalue weighted by Gasteiger charge is -2.13. The van der Waals surface area contributed by atoms with Gasteiger partial charge >= 0.3 is 0 Å². The highest BCUT2D eigenvalue weighted by atomic mass is 79.9. The first-order chi connectivity index (χ1) is 6.19. The molecule has 0 aliphatic carbocycles. The van der Waals surface area contributed by atoms with Crippen LogP contribution in [0, 0.1) is 0 Å². The van der Waals surface area contributed by atoms with Gasteiger partial charge in [0.1, 0.15) is 0 Å². The zero-order chi connectivity index (χ0) is 9.84. The highest BCUT2D eigenvalue weighted by Gasteiger charge is 2.08. The molecule has 0 amide bonds. The Balaban J connectivity index is 2.95. The highest BCUT2D eigenvalue weighted by Crippen LogP contribution is 2.25. The molecule has 0 aliphatic rings. The fraction of sp³-hybridized carbons (Fsp3) is 0.333. The van der Waals surface area contributed by atoms with Gasteiger partial charge in [0.2, 0.25) is 0 Å². The molecule has 4 heteroatoms. The number of hydrogen-bond acceptors (Lipinski definition) is 2. The minimum atomic E-state index is -0.0504. The van der Waals surface area contributed by atoms with E-state index in [-0.39, 0.29) is 12.6 Å². The molecule has 13 heavy (non-hydrogen) atoms. The van der Waals surface area contributed by atoms with E-state index in [2.05, 4.69) is 21.2 Å². The second kappa shape index (κ2) is 4.96. The van der Waals surface area contributed by atoms with Gasteiger partial charge < -0.3 is 10.4 Å². The summed E-state index contributed by atoms with van der Waals surface area (Å²) in [7, 11) is 1.80. The zero-order valence-corrected chi connectivity index (χ0v) is 9.56. The van der Waals surface area contributed by atoms with Crippen LogP contribution in [0.25, 0.3) is 0 Å². The molecular formula is C9H11BrClNO. The second-order valence-corrected chi connectivity index (χ2v) is 3.96. The van der Waals surface area contributed by atoms with Gasteiger partial charge in [-0.1, -0.05) is 17.7 Å². The summed E-state index contributed by atoms with van der Waals surface area (Å²) < 4.78 is 0.866. The van der Waals surface area contributed by atoms with Crippen molar-refractivity contribution in [2.45, 2.75) is 6.04 Å². The van der Waals surface area contributed by atoms with E-state index in [0.29, 0.717) is 5.02 Å². The van der Waals surface area contributed by atoms with Crippen LogP contribution in [0.3, 0.4) is 0 Å². The third-order valence-electron chi connectivity index (χ3n) is 1.88. The van der Waals surface area contributed by atoms with Crippen LogP contribution < -0.4 is 5.32 Å². The summed E-state index contributed by atoms with van der Waals surface area (Å²) in [4.78, 5) is 0. The largest absolute Gasteiger partial charge is 0.394 e. The molecule has 1 atom stereocenters. The van der Waals surface area contributed by atoms with Crippen LogP contribution in [0.5, 0.6) is 0 Å². The third kappa shape index (κ3) is 2.68. The van der Waals surface area contributed by atoms with Crippen molar-refractivity contribution in [3.05, 3.63) is 33.3 Å². The Bertz CT molecular complexity index is 289. The fourth-order valence-corrected chi connectivity index (χ4v) is 1.53. The Morgan fingerprint density at radius 3 is 2.77 bits per heavy atom. The van der Waals surface area contributed by atoms with Crippen molar-refractivity contribution in [2.75, 3.05) is 13.7 Å². The summed E-state index contributed by atoms with van der Waals surface area (Å²) in [5.74, 6) is 0. The molecule has 1 rings (SSSR count). The molecule has 2 N–H and O–H groups in total. The minimum Gasteiger partial charge on any atom is -0.394 e. The Morgan fingerprint density at radius 1 is 1.62 bits per heavy atom. The maximum Gasteiger partial charge on any atom is 0.0626 e. The quantitative estimate of drug-likeness (QED) is 0.878. The fourth-order valence-electron chi connectivity index (χ4n) is 1.09. The van der Waals surface area contributed by atoms with Gasteiger partial charge in [0, 0.05) is 4.47 Å². The monoisotopic (exact) mass is 263 g/mol. The van der Waals surface area contributed by atoms with Gasteiger partial charge in [-0.25, -0.2) is 0 Å². The standard InChI is InChI=1S/C9H11BrClNO/c1-12-9(5-13)6-2-3-7(10)8(11)4-6/h2-4,9,12-13H,5H2,1H3. The molecule has 0 fully saturated rings. The summed E-state index contributed by atoms with van der Waals surface area (Å²) in [6, 6.07) is 5.58. The predicted octanol–water partition coefficient (Wildman–Crippen LogP) is 2.36. The Hall–Kier alpha value is -0.0900. The van der Waals surface area contributed by atoms with Crippen molar-refractivity contribution in [3.63, 3.8) is 0 Å². The molecule has 0 saturated carbocycles. The summed E-state index contributed by atoms with van der Waals surface area (Å²) in [6.07, 6.45) is 0. The number of halogens is 2. The number of likely N-dealkylation sites (N-methyl/N-ethyl adjacent to an activating group) is 1. The molecule has 0 spiro atoms. The molecular weight excluding hydrogens is 253 g/mol. The van der Waals surface area contributed by atoms with Crippen molar-refractivity contribution >= 4 is 27.5 Å². The van der Waals surface area contributed by atoms with Gasteiger partial charge in [0.05, 0.1) is 17.7 Å². The Kier molecular flexibility index (Phi) is 4.19. The summed E-state index contributed by atoms with van der Waals surface area (Å²) in [5.41, 5.74) is 0.984. The van der Waals surface area contributed by atoms with Crippen LogP contribution in [0.15, 0.2) is 22.7 Å². The molecule has 1 aromatic carbocycles. The first-order valence-electron chi connectivity index (χ1n) is 3.92. The number of hydrogen-bond donors (Lipinski definition) is 2. The Morgan fingerprint density at radius 2 is 2.31 bits per heavy atom. The minimum absolute atomic E-state index is 0.0504. The molecule has 0 radical (unpaired) electrons. The lowest BCUT2D eigenvalue weighted by Crippen LogP contribution is -2.19. The van der Waals surface area contributed by atoms with E-state index in [1.54, 1.807) is 7.05 Å². The van der Waals surface area contributed by atoms with E-state index in [9.17, 15) is 0 Å². The molecule has 0 bridgehead atoms. The Labute approximate surface area is 91.0 Å². The van der Waals surface area contributed by atoms with E-state index in [1.807, 2.05) is 18.2 Å². The first kappa shape index (κ1) is 11.0. The lowest BCUT2D eigenvalue weighted by molar-refractivity contribution is 0.251. The smallest absolute Gasteiger partial charge is 0.0626 e. The maximum absolute atomic E-state index is 9.02. The van der Waals surface area contributed by atoms with Gasteiger partial charge in [-0.3, -0.25) is 0 Å². The van der Waals surface area contributed by atoms with Crippen LogP contribution in [0.2, 0.25) is 5.02 Å². The molecule has 1 aromatic rings. The van der Waals surface area contributed by atoms with Crippen molar-refractivity contribution in [3.8, 4) is 0 Å². The van der Waals surface area contributed by atoms with Crippen LogP contribution in [0.4, 0.5) is 0 Å². The number of aliphatic hydroxyl groups is 1. The number of benzene rings is 1. The lowest BCUT2D eigenvalue weighted by atomic mass is 10.1. The van der Waals surface area contributed by atoms with E-state index in [4.69, 9.17) is 16.7 Å². The normalized spacial score (nSPS) is 12.9. The number of nitrogens with one attached hydrogen (secondary N) is 1.